The number of rotatable bonds is 9. The highest BCUT2D eigenvalue weighted by Gasteiger charge is 2.45. The lowest BCUT2D eigenvalue weighted by Crippen LogP contribution is -2.40. The van der Waals surface area contributed by atoms with Crippen LogP contribution in [-0.4, -0.2) is 91.6 Å². The van der Waals surface area contributed by atoms with Gasteiger partial charge in [0.15, 0.2) is 11.9 Å². The number of aliphatic hydroxyl groups excluding tert-OH is 2. The number of benzene rings is 1. The van der Waals surface area contributed by atoms with Crippen molar-refractivity contribution in [3.8, 4) is 5.88 Å². The molecule has 1 fully saturated rings. The molecule has 38 heavy (non-hydrogen) atoms. The number of carbonyl (C=O) groups excluding carboxylic acids is 2. The molecule has 2 heterocycles. The number of aromatic hydroxyl groups is 1. The number of primary amides is 1. The summed E-state index contributed by atoms with van der Waals surface area (Å²) in [6.07, 6.45) is -9.37. The van der Waals surface area contributed by atoms with Crippen LogP contribution in [0.4, 0.5) is 13.2 Å². The van der Waals surface area contributed by atoms with Crippen LogP contribution >= 0.6 is 0 Å². The van der Waals surface area contributed by atoms with E-state index in [2.05, 4.69) is 4.98 Å². The average molecular weight is 550 g/mol. The zero-order valence-electron chi connectivity index (χ0n) is 19.4. The topological polar surface area (TPSA) is 230 Å². The molecule has 1 aromatic heterocycles. The number of aliphatic carboxylic acids is 1. The summed E-state index contributed by atoms with van der Waals surface area (Å²) in [5, 5.41) is 37.5. The molecule has 0 unspecified atom stereocenters. The molecule has 1 saturated heterocycles. The van der Waals surface area contributed by atoms with Crippen molar-refractivity contribution < 1.29 is 62.2 Å². The summed E-state index contributed by atoms with van der Waals surface area (Å²) in [6.45, 7) is -0.203. The Morgan fingerprint density at radius 2 is 1.76 bits per heavy atom. The Labute approximate surface area is 212 Å². The van der Waals surface area contributed by atoms with Crippen LogP contribution in [0.2, 0.25) is 0 Å². The number of hydrogen-bond acceptors (Lipinski definition) is 11. The molecule has 1 aromatic carbocycles. The number of imidazole rings is 1. The fourth-order valence-electron chi connectivity index (χ4n) is 3.03. The number of carboxylic acids is 1. The van der Waals surface area contributed by atoms with E-state index in [9.17, 15) is 38.1 Å². The Bertz CT molecular complexity index is 1100. The molecule has 0 spiro atoms. The first-order valence-corrected chi connectivity index (χ1v) is 10.6. The van der Waals surface area contributed by atoms with E-state index >= 15 is 0 Å². The van der Waals surface area contributed by atoms with Gasteiger partial charge in [0.25, 0.3) is 5.91 Å². The van der Waals surface area contributed by atoms with Crippen molar-refractivity contribution in [2.24, 2.45) is 11.5 Å². The van der Waals surface area contributed by atoms with Gasteiger partial charge in [-0.2, -0.15) is 13.2 Å². The number of carbonyl (C=O) groups is 3. The van der Waals surface area contributed by atoms with Crippen LogP contribution in [0.25, 0.3) is 0 Å². The van der Waals surface area contributed by atoms with Gasteiger partial charge in [0.2, 0.25) is 5.88 Å². The molecule has 1 aliphatic rings. The minimum atomic E-state index is -5.08. The molecule has 14 nitrogen and oxygen atoms in total. The predicted octanol–water partition coefficient (Wildman–Crippen LogP) is -0.973. The number of amides is 1. The number of aliphatic hydroxyl groups is 2. The molecule has 1 amide bonds. The molecule has 0 aliphatic carbocycles. The number of halogens is 3. The van der Waals surface area contributed by atoms with E-state index in [-0.39, 0.29) is 13.2 Å². The number of carboxylic acid groups (broad SMARTS) is 1. The third kappa shape index (κ3) is 8.12. The summed E-state index contributed by atoms with van der Waals surface area (Å²) in [5.41, 5.74) is 11.4. The third-order valence-electron chi connectivity index (χ3n) is 4.96. The lowest BCUT2D eigenvalue weighted by molar-refractivity contribution is -0.192. The summed E-state index contributed by atoms with van der Waals surface area (Å²) in [7, 11) is 0. The zero-order valence-corrected chi connectivity index (χ0v) is 19.4. The van der Waals surface area contributed by atoms with E-state index in [0.29, 0.717) is 0 Å². The minimum Gasteiger partial charge on any atom is -0.493 e. The van der Waals surface area contributed by atoms with Crippen molar-refractivity contribution >= 4 is 17.8 Å². The lowest BCUT2D eigenvalue weighted by atomic mass is 10.1. The van der Waals surface area contributed by atoms with Gasteiger partial charge in [-0.3, -0.25) is 14.2 Å². The van der Waals surface area contributed by atoms with Crippen molar-refractivity contribution in [1.29, 1.82) is 0 Å². The normalized spacial score (nSPS) is 21.7. The van der Waals surface area contributed by atoms with Crippen LogP contribution in [0.3, 0.4) is 0 Å². The Hall–Kier alpha value is -3.77. The molecule has 5 atom stereocenters. The van der Waals surface area contributed by atoms with Gasteiger partial charge in [-0.25, -0.2) is 9.78 Å². The highest BCUT2D eigenvalue weighted by atomic mass is 19.4. The van der Waals surface area contributed by atoms with Gasteiger partial charge in [0.05, 0.1) is 13.2 Å². The fraction of sp³-hybridized carbons (Fsp3) is 0.429. The molecule has 2 aromatic rings. The van der Waals surface area contributed by atoms with E-state index in [4.69, 9.17) is 35.6 Å². The van der Waals surface area contributed by atoms with Crippen LogP contribution in [-0.2, 0) is 30.4 Å². The van der Waals surface area contributed by atoms with Crippen LogP contribution in [0.5, 0.6) is 5.88 Å². The summed E-state index contributed by atoms with van der Waals surface area (Å²) in [4.78, 5) is 35.8. The molecule has 8 N–H and O–H groups in total. The second-order valence-electron chi connectivity index (χ2n) is 7.77. The highest BCUT2D eigenvalue weighted by molar-refractivity contribution is 5.93. The Morgan fingerprint density at radius 3 is 2.29 bits per heavy atom. The summed E-state index contributed by atoms with van der Waals surface area (Å²) in [5.74, 6) is -5.13. The standard InChI is InChI=1S/C19H24N4O8.C2HF3O2/c20-11(7-29-6-10-4-2-1-3-5-10)19(28)30-8-12-14(24)15(25)18(31-12)23-9-22-13(16(21)26)17(23)27;3-2(4,5)1(6)7/h1-5,9,11-12,14-15,18,24-25,27H,6-8,20H2,(H2,21,26);(H,6,7)/t11-,12+,14+,15+,18+;/m0./s1. The van der Waals surface area contributed by atoms with Gasteiger partial charge < -0.3 is 46.1 Å². The van der Waals surface area contributed by atoms with E-state index in [1.807, 2.05) is 30.3 Å². The number of nitrogens with two attached hydrogens (primary N) is 2. The molecule has 0 saturated carbocycles. The minimum absolute atomic E-state index is 0.0775. The van der Waals surface area contributed by atoms with Crippen molar-refractivity contribution in [2.75, 3.05) is 13.2 Å². The first-order chi connectivity index (χ1) is 17.7. The van der Waals surface area contributed by atoms with Gasteiger partial charge in [0, 0.05) is 0 Å². The number of esters is 1. The molecular formula is C21H25F3N4O10. The van der Waals surface area contributed by atoms with Gasteiger partial charge in [-0.15, -0.1) is 0 Å². The van der Waals surface area contributed by atoms with Gasteiger partial charge in [0.1, 0.15) is 37.3 Å². The van der Waals surface area contributed by atoms with Crippen molar-refractivity contribution in [3.05, 3.63) is 47.9 Å². The van der Waals surface area contributed by atoms with Crippen LogP contribution < -0.4 is 11.5 Å². The second-order valence-corrected chi connectivity index (χ2v) is 7.77. The number of alkyl halides is 3. The third-order valence-corrected chi connectivity index (χ3v) is 4.96. The maximum absolute atomic E-state index is 12.1. The van der Waals surface area contributed by atoms with Gasteiger partial charge in [-0.05, 0) is 5.56 Å². The molecule has 17 heteroatoms. The Kier molecular flexibility index (Phi) is 10.5. The zero-order chi connectivity index (χ0) is 28.6. The maximum atomic E-state index is 12.1. The van der Waals surface area contributed by atoms with E-state index in [1.54, 1.807) is 0 Å². The second kappa shape index (κ2) is 13.2. The molecule has 0 bridgehead atoms. The summed E-state index contributed by atoms with van der Waals surface area (Å²) < 4.78 is 48.6. The quantitative estimate of drug-likeness (QED) is 0.207. The van der Waals surface area contributed by atoms with Crippen LogP contribution in [0.1, 0.15) is 22.3 Å². The molecular weight excluding hydrogens is 525 g/mol. The smallest absolute Gasteiger partial charge is 0.490 e. The number of hydrogen-bond donors (Lipinski definition) is 6. The van der Waals surface area contributed by atoms with Crippen molar-refractivity contribution in [3.63, 3.8) is 0 Å². The van der Waals surface area contributed by atoms with Gasteiger partial charge >= 0.3 is 18.1 Å². The van der Waals surface area contributed by atoms with Crippen LogP contribution in [0.15, 0.2) is 36.7 Å². The highest BCUT2D eigenvalue weighted by Crippen LogP contribution is 2.33. The molecule has 210 valence electrons. The first-order valence-electron chi connectivity index (χ1n) is 10.6. The van der Waals surface area contributed by atoms with Crippen molar-refractivity contribution in [2.45, 2.75) is 43.4 Å². The number of aromatic nitrogens is 2. The largest absolute Gasteiger partial charge is 0.493 e. The van der Waals surface area contributed by atoms with Crippen molar-refractivity contribution in [1.82, 2.24) is 9.55 Å². The molecule has 3 rings (SSSR count). The van der Waals surface area contributed by atoms with Crippen LogP contribution in [0, 0.1) is 0 Å². The van der Waals surface area contributed by atoms with E-state index < -0.39 is 72.8 Å². The number of nitrogens with zero attached hydrogens (tertiary/aromatic N) is 2. The van der Waals surface area contributed by atoms with Gasteiger partial charge in [-0.1, -0.05) is 30.3 Å². The lowest BCUT2D eigenvalue weighted by Gasteiger charge is -2.17. The van der Waals surface area contributed by atoms with E-state index in [0.717, 1.165) is 16.5 Å². The summed E-state index contributed by atoms with van der Waals surface area (Å²) >= 11 is 0. The Morgan fingerprint density at radius 1 is 1.16 bits per heavy atom. The molecule has 0 radical (unpaired) electrons. The summed E-state index contributed by atoms with van der Waals surface area (Å²) in [6, 6.07) is 8.28. The predicted molar refractivity (Wildman–Crippen MR) is 117 cm³/mol. The molecule has 1 aliphatic heterocycles. The Balaban J connectivity index is 0.000000638. The monoisotopic (exact) mass is 550 g/mol. The first kappa shape index (κ1) is 30.5. The van der Waals surface area contributed by atoms with E-state index in [1.165, 1.54) is 0 Å². The number of ether oxygens (including phenoxy) is 3. The maximum Gasteiger partial charge on any atom is 0.490 e. The SMILES string of the molecule is NC(=O)c1ncn([C@@H]2O[C@H](COC(=O)[C@@H](N)COCc3ccccc3)[C@@H](O)[C@H]2O)c1O.O=C(O)C(F)(F)F. The average Bonchev–Trinajstić information content (AvgIpc) is 3.37. The fourth-order valence-corrected chi connectivity index (χ4v) is 3.03.